The quantitative estimate of drug-likeness (QED) is 0.735. The number of carbonyl (C=O) groups is 2. The van der Waals surface area contributed by atoms with Crippen LogP contribution in [0.5, 0.6) is 11.5 Å². The van der Waals surface area contributed by atoms with Gasteiger partial charge in [0.2, 0.25) is 0 Å². The number of methoxy groups -OCH3 is 1. The van der Waals surface area contributed by atoms with Gasteiger partial charge < -0.3 is 20.1 Å². The summed E-state index contributed by atoms with van der Waals surface area (Å²) in [5, 5.41) is 5.40. The second kappa shape index (κ2) is 9.51. The van der Waals surface area contributed by atoms with Crippen LogP contribution >= 0.6 is 0 Å². The number of alkyl halides is 2. The minimum atomic E-state index is -3.01. The van der Waals surface area contributed by atoms with Crippen LogP contribution in [-0.4, -0.2) is 32.1 Å². The Morgan fingerprint density at radius 2 is 1.81 bits per heavy atom. The van der Waals surface area contributed by atoms with Crippen LogP contribution in [0.1, 0.15) is 34.1 Å². The lowest BCUT2D eigenvalue weighted by Crippen LogP contribution is -2.25. The molecule has 2 rings (SSSR count). The number of ether oxygens (including phenoxy) is 2. The number of carbonyl (C=O) groups excluding carboxylic acids is 2. The average molecular weight is 378 g/mol. The van der Waals surface area contributed by atoms with E-state index in [2.05, 4.69) is 15.4 Å². The lowest BCUT2D eigenvalue weighted by molar-refractivity contribution is -0.0512. The molecule has 0 heterocycles. The molecule has 2 aromatic rings. The Bertz CT molecular complexity index is 812. The maximum atomic E-state index is 12.5. The van der Waals surface area contributed by atoms with Crippen LogP contribution in [0.3, 0.4) is 0 Å². The van der Waals surface area contributed by atoms with E-state index in [1.54, 1.807) is 24.3 Å². The number of halogens is 2. The van der Waals surface area contributed by atoms with Crippen molar-refractivity contribution >= 4 is 17.5 Å². The summed E-state index contributed by atoms with van der Waals surface area (Å²) in [6, 6.07) is 10.4. The van der Waals surface area contributed by atoms with Crippen LogP contribution < -0.4 is 20.1 Å². The first-order valence-corrected chi connectivity index (χ1v) is 8.27. The van der Waals surface area contributed by atoms with E-state index in [1.165, 1.54) is 25.3 Å². The Kier molecular flexibility index (Phi) is 7.10. The summed E-state index contributed by atoms with van der Waals surface area (Å²) >= 11 is 0. The number of para-hydroxylation sites is 1. The standard InChI is InChI=1S/C19H20F2N2O4/c1-3-10-22-18(25)13-6-4-5-7-14(13)23-17(24)12-8-9-15(27-19(20)21)16(11-12)26-2/h4-9,11,19H,3,10H2,1-2H3,(H,22,25)(H,23,24). The molecule has 0 fully saturated rings. The molecule has 6 nitrogen and oxygen atoms in total. The smallest absolute Gasteiger partial charge is 0.387 e. The maximum Gasteiger partial charge on any atom is 0.387 e. The van der Waals surface area contributed by atoms with Crippen LogP contribution in [0.15, 0.2) is 42.5 Å². The fraction of sp³-hybridized carbons (Fsp3) is 0.263. The summed E-state index contributed by atoms with van der Waals surface area (Å²) in [5.74, 6) is -1.00. The Labute approximate surface area is 155 Å². The molecule has 0 aliphatic rings. The normalized spacial score (nSPS) is 10.4. The van der Waals surface area contributed by atoms with Gasteiger partial charge in [0.25, 0.3) is 11.8 Å². The van der Waals surface area contributed by atoms with Crippen LogP contribution in [0.4, 0.5) is 14.5 Å². The van der Waals surface area contributed by atoms with Crippen molar-refractivity contribution in [1.29, 1.82) is 0 Å². The predicted octanol–water partition coefficient (Wildman–Crippen LogP) is 3.69. The topological polar surface area (TPSA) is 76.7 Å². The second-order valence-corrected chi connectivity index (χ2v) is 5.50. The average Bonchev–Trinajstić information content (AvgIpc) is 2.66. The molecule has 144 valence electrons. The molecule has 0 spiro atoms. The number of hydrogen-bond donors (Lipinski definition) is 2. The first-order chi connectivity index (χ1) is 13.0. The zero-order valence-electron chi connectivity index (χ0n) is 14.9. The molecule has 0 aliphatic carbocycles. The van der Waals surface area contributed by atoms with Gasteiger partial charge in [0.15, 0.2) is 11.5 Å². The van der Waals surface area contributed by atoms with E-state index in [1.807, 2.05) is 6.92 Å². The Morgan fingerprint density at radius 3 is 2.48 bits per heavy atom. The second-order valence-electron chi connectivity index (χ2n) is 5.50. The van der Waals surface area contributed by atoms with Crippen molar-refractivity contribution in [1.82, 2.24) is 5.32 Å². The lowest BCUT2D eigenvalue weighted by Gasteiger charge is -2.13. The minimum absolute atomic E-state index is 0.00285. The minimum Gasteiger partial charge on any atom is -0.493 e. The van der Waals surface area contributed by atoms with Crippen molar-refractivity contribution < 1.29 is 27.8 Å². The van der Waals surface area contributed by atoms with Gasteiger partial charge in [-0.05, 0) is 36.8 Å². The number of benzene rings is 2. The van der Waals surface area contributed by atoms with E-state index in [9.17, 15) is 18.4 Å². The number of nitrogens with one attached hydrogen (secondary N) is 2. The summed E-state index contributed by atoms with van der Waals surface area (Å²) in [6.45, 7) is -0.556. The Morgan fingerprint density at radius 1 is 1.07 bits per heavy atom. The van der Waals surface area contributed by atoms with E-state index in [0.717, 1.165) is 6.42 Å². The van der Waals surface area contributed by atoms with E-state index in [4.69, 9.17) is 4.74 Å². The van der Waals surface area contributed by atoms with Crippen molar-refractivity contribution in [3.05, 3.63) is 53.6 Å². The van der Waals surface area contributed by atoms with E-state index in [-0.39, 0.29) is 23.0 Å². The molecular formula is C19H20F2N2O4. The molecule has 8 heteroatoms. The van der Waals surface area contributed by atoms with Gasteiger partial charge in [-0.3, -0.25) is 9.59 Å². The van der Waals surface area contributed by atoms with Crippen molar-refractivity contribution in [2.75, 3.05) is 19.0 Å². The molecule has 0 saturated carbocycles. The number of rotatable bonds is 8. The first-order valence-electron chi connectivity index (χ1n) is 8.27. The van der Waals surface area contributed by atoms with Gasteiger partial charge in [-0.25, -0.2) is 0 Å². The van der Waals surface area contributed by atoms with Crippen molar-refractivity contribution in [3.63, 3.8) is 0 Å². The molecule has 0 saturated heterocycles. The lowest BCUT2D eigenvalue weighted by atomic mass is 10.1. The highest BCUT2D eigenvalue weighted by Crippen LogP contribution is 2.30. The zero-order valence-corrected chi connectivity index (χ0v) is 14.9. The maximum absolute atomic E-state index is 12.5. The van der Waals surface area contributed by atoms with Crippen molar-refractivity contribution in [2.24, 2.45) is 0 Å². The van der Waals surface area contributed by atoms with Gasteiger partial charge in [-0.2, -0.15) is 8.78 Å². The fourth-order valence-electron chi connectivity index (χ4n) is 2.32. The molecule has 0 aliphatic heterocycles. The van der Waals surface area contributed by atoms with E-state index < -0.39 is 12.5 Å². The number of anilines is 1. The monoisotopic (exact) mass is 378 g/mol. The summed E-state index contributed by atoms with van der Waals surface area (Å²) < 4.78 is 34.1. The molecule has 0 unspecified atom stereocenters. The third-order valence-corrected chi connectivity index (χ3v) is 3.60. The molecule has 0 radical (unpaired) electrons. The fourth-order valence-corrected chi connectivity index (χ4v) is 2.32. The van der Waals surface area contributed by atoms with Gasteiger partial charge in [0.05, 0.1) is 18.4 Å². The Balaban J connectivity index is 2.21. The molecule has 0 atom stereocenters. The SMILES string of the molecule is CCCNC(=O)c1ccccc1NC(=O)c1ccc(OC(F)F)c(OC)c1. The van der Waals surface area contributed by atoms with Crippen LogP contribution in [0.2, 0.25) is 0 Å². The number of amides is 2. The summed E-state index contributed by atoms with van der Waals surface area (Å²) in [5.41, 5.74) is 0.823. The van der Waals surface area contributed by atoms with Crippen LogP contribution in [-0.2, 0) is 0 Å². The molecule has 2 aromatic carbocycles. The van der Waals surface area contributed by atoms with Gasteiger partial charge in [0.1, 0.15) is 0 Å². The molecule has 27 heavy (non-hydrogen) atoms. The van der Waals surface area contributed by atoms with E-state index in [0.29, 0.717) is 17.8 Å². The van der Waals surface area contributed by atoms with Gasteiger partial charge >= 0.3 is 6.61 Å². The number of hydrogen-bond acceptors (Lipinski definition) is 4. The van der Waals surface area contributed by atoms with Crippen LogP contribution in [0.25, 0.3) is 0 Å². The Hall–Kier alpha value is -3.16. The van der Waals surface area contributed by atoms with Gasteiger partial charge in [-0.15, -0.1) is 0 Å². The zero-order chi connectivity index (χ0) is 19.8. The van der Waals surface area contributed by atoms with E-state index >= 15 is 0 Å². The summed E-state index contributed by atoms with van der Waals surface area (Å²) in [7, 11) is 1.28. The first kappa shape index (κ1) is 20.2. The van der Waals surface area contributed by atoms with Crippen LogP contribution in [0, 0.1) is 0 Å². The van der Waals surface area contributed by atoms with Crippen molar-refractivity contribution in [2.45, 2.75) is 20.0 Å². The molecule has 0 aromatic heterocycles. The van der Waals surface area contributed by atoms with Crippen molar-refractivity contribution in [3.8, 4) is 11.5 Å². The third kappa shape index (κ3) is 5.40. The highest BCUT2D eigenvalue weighted by atomic mass is 19.3. The molecule has 2 amide bonds. The van der Waals surface area contributed by atoms with Gasteiger partial charge in [0, 0.05) is 12.1 Å². The summed E-state index contributed by atoms with van der Waals surface area (Å²) in [6.07, 6.45) is 0.785. The molecule has 2 N–H and O–H groups in total. The highest BCUT2D eigenvalue weighted by molar-refractivity contribution is 6.09. The third-order valence-electron chi connectivity index (χ3n) is 3.60. The van der Waals surface area contributed by atoms with Gasteiger partial charge in [-0.1, -0.05) is 19.1 Å². The highest BCUT2D eigenvalue weighted by Gasteiger charge is 2.17. The predicted molar refractivity (Wildman–Crippen MR) is 96.6 cm³/mol. The molecular weight excluding hydrogens is 358 g/mol. The largest absolute Gasteiger partial charge is 0.493 e. The summed E-state index contributed by atoms with van der Waals surface area (Å²) in [4.78, 5) is 24.7. The molecule has 0 bridgehead atoms.